The molecule has 2 aliphatic rings. The molecule has 52 heavy (non-hydrogen) atoms. The summed E-state index contributed by atoms with van der Waals surface area (Å²) in [5.41, 5.74) is 8.79. The highest BCUT2D eigenvalue weighted by Crippen LogP contribution is 2.42. The fourth-order valence-electron chi connectivity index (χ4n) is 7.20. The summed E-state index contributed by atoms with van der Waals surface area (Å²) in [5.74, 6) is 1.17. The first-order chi connectivity index (χ1) is 25.3. The van der Waals surface area contributed by atoms with E-state index in [1.807, 2.05) is 31.3 Å². The smallest absolute Gasteiger partial charge is 0.0906 e. The van der Waals surface area contributed by atoms with Gasteiger partial charge < -0.3 is 9.80 Å². The van der Waals surface area contributed by atoms with Crippen LogP contribution in [0.3, 0.4) is 0 Å². The average Bonchev–Trinajstić information content (AvgIpc) is 3.56. The van der Waals surface area contributed by atoms with Crippen LogP contribution in [0, 0.1) is 5.92 Å². The van der Waals surface area contributed by atoms with Gasteiger partial charge in [0.1, 0.15) is 0 Å². The van der Waals surface area contributed by atoms with Crippen LogP contribution in [0.2, 0.25) is 0 Å². The fourth-order valence-corrected chi connectivity index (χ4v) is 8.59. The third-order valence-electron chi connectivity index (χ3n) is 10.3. The van der Waals surface area contributed by atoms with Gasteiger partial charge in [0.2, 0.25) is 0 Å². The monoisotopic (exact) mass is 724 g/mol. The SMILES string of the molecule is C=CCC.CC.CC/C=C(/c1sc2ccccc2c1C(C)CC)N(CCC(C)C)CN(Cc1ccccc1CN1CCCCC1)C1=CCCC=C1C. The van der Waals surface area contributed by atoms with Crippen LogP contribution in [0.25, 0.3) is 15.8 Å². The summed E-state index contributed by atoms with van der Waals surface area (Å²) in [4.78, 5) is 9.61. The van der Waals surface area contributed by atoms with E-state index in [1.165, 1.54) is 81.8 Å². The molecule has 1 atom stereocenters. The van der Waals surface area contributed by atoms with Crippen molar-refractivity contribution >= 4 is 27.1 Å². The number of fused-ring (bicyclic) bond motifs is 1. The first kappa shape index (κ1) is 43.3. The molecule has 1 unspecified atom stereocenters. The number of piperidine rings is 1. The van der Waals surface area contributed by atoms with Gasteiger partial charge in [-0.15, -0.1) is 17.9 Å². The van der Waals surface area contributed by atoms with E-state index in [4.69, 9.17) is 0 Å². The molecule has 1 saturated heterocycles. The molecular formula is C48H73N3S. The summed E-state index contributed by atoms with van der Waals surface area (Å²) in [5, 5.41) is 1.44. The van der Waals surface area contributed by atoms with Crippen LogP contribution >= 0.6 is 11.3 Å². The van der Waals surface area contributed by atoms with Gasteiger partial charge in [-0.3, -0.25) is 4.90 Å². The van der Waals surface area contributed by atoms with Gasteiger partial charge in [-0.05, 0) is 117 Å². The Hall–Kier alpha value is -3.08. The summed E-state index contributed by atoms with van der Waals surface area (Å²) in [6.45, 7) is 30.1. The Morgan fingerprint density at radius 1 is 0.885 bits per heavy atom. The van der Waals surface area contributed by atoms with Gasteiger partial charge >= 0.3 is 0 Å². The van der Waals surface area contributed by atoms with Gasteiger partial charge in [0.05, 0.1) is 17.2 Å². The summed E-state index contributed by atoms with van der Waals surface area (Å²) in [6, 6.07) is 18.4. The molecule has 2 heterocycles. The highest BCUT2D eigenvalue weighted by molar-refractivity contribution is 7.20. The number of nitrogens with zero attached hydrogens (tertiary/aromatic N) is 3. The second-order valence-corrected chi connectivity index (χ2v) is 15.8. The van der Waals surface area contributed by atoms with Gasteiger partial charge in [-0.1, -0.05) is 129 Å². The lowest BCUT2D eigenvalue weighted by Gasteiger charge is -2.38. The summed E-state index contributed by atoms with van der Waals surface area (Å²) in [6.07, 6.45) is 20.1. The molecule has 286 valence electrons. The predicted molar refractivity (Wildman–Crippen MR) is 234 cm³/mol. The Bertz CT molecular complexity index is 1570. The first-order valence-corrected chi connectivity index (χ1v) is 21.6. The van der Waals surface area contributed by atoms with E-state index in [2.05, 4.69) is 137 Å². The number of thiophene rings is 1. The van der Waals surface area contributed by atoms with Crippen molar-refractivity contribution in [2.75, 3.05) is 26.3 Å². The summed E-state index contributed by atoms with van der Waals surface area (Å²) < 4.78 is 1.41. The second kappa shape index (κ2) is 23.6. The molecule has 3 aromatic rings. The molecule has 0 bridgehead atoms. The Morgan fingerprint density at radius 2 is 1.54 bits per heavy atom. The molecule has 0 saturated carbocycles. The lowest BCUT2D eigenvalue weighted by molar-refractivity contribution is 0.203. The van der Waals surface area contributed by atoms with E-state index in [0.717, 1.165) is 58.4 Å². The highest BCUT2D eigenvalue weighted by Gasteiger charge is 2.26. The topological polar surface area (TPSA) is 9.72 Å². The van der Waals surface area contributed by atoms with Crippen LogP contribution < -0.4 is 0 Å². The molecule has 1 aliphatic heterocycles. The van der Waals surface area contributed by atoms with Crippen molar-refractivity contribution in [2.45, 2.75) is 139 Å². The van der Waals surface area contributed by atoms with Crippen LogP contribution in [0.1, 0.15) is 148 Å². The minimum Gasteiger partial charge on any atom is -0.353 e. The second-order valence-electron chi connectivity index (χ2n) is 14.8. The van der Waals surface area contributed by atoms with Crippen LogP contribution in [0.4, 0.5) is 0 Å². The number of allylic oxidation sites excluding steroid dienone is 5. The van der Waals surface area contributed by atoms with Gasteiger partial charge in [0, 0.05) is 30.0 Å². The summed E-state index contributed by atoms with van der Waals surface area (Å²) >= 11 is 2.01. The average molecular weight is 724 g/mol. The van der Waals surface area contributed by atoms with Crippen LogP contribution in [0.15, 0.2) is 90.7 Å². The highest BCUT2D eigenvalue weighted by atomic mass is 32.1. The molecule has 3 nitrogen and oxygen atoms in total. The zero-order chi connectivity index (χ0) is 37.9. The van der Waals surface area contributed by atoms with Gasteiger partial charge in [0.15, 0.2) is 0 Å². The van der Waals surface area contributed by atoms with Crippen molar-refractivity contribution in [2.24, 2.45) is 5.92 Å². The standard InChI is InChI=1S/C42H59N3S.C4H8.C2H6/c1-7-18-39(42-41(33(5)8-2)37-22-13-15-24-40(37)46-42)44(28-25-32(3)4)31-45(38-23-14-10-19-34(38)6)30-36-21-12-11-20-35(36)29-43-26-16-9-17-27-43;1-3-4-2;1-2/h11-13,15,18-24,32-33H,7-10,14,16-17,25-31H2,1-6H3;3H,1,4H2,2H3;1-2H3/b39-18-;;. The third-order valence-corrected chi connectivity index (χ3v) is 11.5. The number of rotatable bonds is 16. The van der Waals surface area contributed by atoms with E-state index in [9.17, 15) is 0 Å². The van der Waals surface area contributed by atoms with Crippen molar-refractivity contribution in [3.05, 3.63) is 112 Å². The van der Waals surface area contributed by atoms with Crippen molar-refractivity contribution in [1.82, 2.24) is 14.7 Å². The van der Waals surface area contributed by atoms with Crippen LogP contribution in [0.5, 0.6) is 0 Å². The fraction of sp³-hybridized carbons (Fsp3) is 0.542. The van der Waals surface area contributed by atoms with Crippen molar-refractivity contribution in [3.8, 4) is 0 Å². The number of hydrogen-bond donors (Lipinski definition) is 0. The van der Waals surface area contributed by atoms with Crippen molar-refractivity contribution in [3.63, 3.8) is 0 Å². The first-order valence-electron chi connectivity index (χ1n) is 20.8. The maximum atomic E-state index is 3.48. The Kier molecular flexibility index (Phi) is 19.6. The molecule has 1 aliphatic carbocycles. The summed E-state index contributed by atoms with van der Waals surface area (Å²) in [7, 11) is 0. The Labute approximate surface area is 324 Å². The normalized spacial score (nSPS) is 15.5. The quantitative estimate of drug-likeness (QED) is 0.108. The zero-order valence-corrected chi connectivity index (χ0v) is 35.5. The molecule has 4 heteroatoms. The maximum absolute atomic E-state index is 3.48. The molecule has 1 aromatic heterocycles. The molecule has 0 radical (unpaired) electrons. The van der Waals surface area contributed by atoms with E-state index < -0.39 is 0 Å². The molecule has 0 N–H and O–H groups in total. The third kappa shape index (κ3) is 12.5. The number of likely N-dealkylation sites (tertiary alicyclic amines) is 1. The van der Waals surface area contributed by atoms with Crippen molar-refractivity contribution < 1.29 is 0 Å². The van der Waals surface area contributed by atoms with E-state index in [0.29, 0.717) is 11.8 Å². The van der Waals surface area contributed by atoms with E-state index >= 15 is 0 Å². The number of hydrogen-bond acceptors (Lipinski definition) is 4. The largest absolute Gasteiger partial charge is 0.353 e. The number of benzene rings is 2. The van der Waals surface area contributed by atoms with E-state index in [1.54, 1.807) is 5.56 Å². The lowest BCUT2D eigenvalue weighted by atomic mass is 9.94. The Morgan fingerprint density at radius 3 is 2.17 bits per heavy atom. The van der Waals surface area contributed by atoms with Crippen LogP contribution in [-0.4, -0.2) is 41.0 Å². The molecule has 0 spiro atoms. The van der Waals surface area contributed by atoms with E-state index in [-0.39, 0.29) is 0 Å². The molecule has 2 aromatic carbocycles. The zero-order valence-electron chi connectivity index (χ0n) is 34.6. The minimum absolute atomic E-state index is 0.516. The van der Waals surface area contributed by atoms with Crippen LogP contribution in [-0.2, 0) is 13.1 Å². The molecule has 1 fully saturated rings. The van der Waals surface area contributed by atoms with Crippen molar-refractivity contribution in [1.29, 1.82) is 0 Å². The molecular weight excluding hydrogens is 651 g/mol. The van der Waals surface area contributed by atoms with Gasteiger partial charge in [-0.25, -0.2) is 0 Å². The lowest BCUT2D eigenvalue weighted by Crippen LogP contribution is -2.38. The maximum Gasteiger partial charge on any atom is 0.0906 e. The molecule has 0 amide bonds. The minimum atomic E-state index is 0.516. The van der Waals surface area contributed by atoms with Gasteiger partial charge in [-0.2, -0.15) is 0 Å². The Balaban J connectivity index is 0.00000114. The predicted octanol–water partition coefficient (Wildman–Crippen LogP) is 14.2. The molecule has 5 rings (SSSR count). The van der Waals surface area contributed by atoms with Gasteiger partial charge in [0.25, 0.3) is 0 Å².